The van der Waals surface area contributed by atoms with E-state index in [1.807, 2.05) is 0 Å². The molecule has 11 heavy (non-hydrogen) atoms. The maximum atomic E-state index is 5.95. The molecule has 2 nitrogen and oxygen atoms in total. The molecule has 1 rings (SSSR count). The number of likely N-dealkylation sites (tertiary alicyclic amines) is 1. The van der Waals surface area contributed by atoms with Gasteiger partial charge in [0.25, 0.3) is 0 Å². The molecule has 0 saturated carbocycles. The predicted molar refractivity (Wildman–Crippen MR) is 48.5 cm³/mol. The lowest BCUT2D eigenvalue weighted by molar-refractivity contribution is 0.285. The third-order valence-corrected chi connectivity index (χ3v) is 2.52. The van der Waals surface area contributed by atoms with Crippen LogP contribution in [0.4, 0.5) is 0 Å². The standard InChI is InChI=1S/C9H20N2/c1-8(2)9(10)7-11-5-3-4-6-11/h8-9H,3-7,10H2,1-2H3/t9-/m0/s1. The minimum atomic E-state index is 0.369. The zero-order chi connectivity index (χ0) is 8.27. The summed E-state index contributed by atoms with van der Waals surface area (Å²) in [5.74, 6) is 0.621. The number of rotatable bonds is 3. The van der Waals surface area contributed by atoms with E-state index in [9.17, 15) is 0 Å². The van der Waals surface area contributed by atoms with Gasteiger partial charge in [-0.1, -0.05) is 13.8 Å². The van der Waals surface area contributed by atoms with Crippen LogP contribution in [0.15, 0.2) is 0 Å². The van der Waals surface area contributed by atoms with Crippen LogP contribution in [-0.4, -0.2) is 30.6 Å². The van der Waals surface area contributed by atoms with Gasteiger partial charge in [0, 0.05) is 12.6 Å². The summed E-state index contributed by atoms with van der Waals surface area (Å²) in [7, 11) is 0. The smallest absolute Gasteiger partial charge is 0.0191 e. The van der Waals surface area contributed by atoms with E-state index in [0.717, 1.165) is 6.54 Å². The van der Waals surface area contributed by atoms with Gasteiger partial charge in [0.2, 0.25) is 0 Å². The van der Waals surface area contributed by atoms with E-state index in [1.165, 1.54) is 25.9 Å². The molecule has 0 aliphatic carbocycles. The molecule has 2 N–H and O–H groups in total. The van der Waals surface area contributed by atoms with Crippen molar-refractivity contribution < 1.29 is 0 Å². The summed E-state index contributed by atoms with van der Waals surface area (Å²) < 4.78 is 0. The first-order chi connectivity index (χ1) is 5.20. The van der Waals surface area contributed by atoms with Crippen molar-refractivity contribution in [1.29, 1.82) is 0 Å². The zero-order valence-corrected chi connectivity index (χ0v) is 7.71. The van der Waals surface area contributed by atoms with E-state index >= 15 is 0 Å². The van der Waals surface area contributed by atoms with Gasteiger partial charge in [-0.2, -0.15) is 0 Å². The molecular weight excluding hydrogens is 136 g/mol. The van der Waals surface area contributed by atoms with Gasteiger partial charge in [-0.3, -0.25) is 0 Å². The first-order valence-electron chi connectivity index (χ1n) is 4.68. The minimum absolute atomic E-state index is 0.369. The largest absolute Gasteiger partial charge is 0.326 e. The van der Waals surface area contributed by atoms with Crippen molar-refractivity contribution in [2.75, 3.05) is 19.6 Å². The molecule has 0 aromatic carbocycles. The fraction of sp³-hybridized carbons (Fsp3) is 1.00. The van der Waals surface area contributed by atoms with Crippen LogP contribution in [0.1, 0.15) is 26.7 Å². The Kier molecular flexibility index (Phi) is 3.34. The Morgan fingerprint density at radius 1 is 1.27 bits per heavy atom. The molecular formula is C9H20N2. The molecule has 0 aromatic heterocycles. The van der Waals surface area contributed by atoms with Crippen LogP contribution < -0.4 is 5.73 Å². The fourth-order valence-electron chi connectivity index (χ4n) is 1.47. The molecule has 0 aromatic rings. The second-order valence-electron chi connectivity index (χ2n) is 3.92. The predicted octanol–water partition coefficient (Wildman–Crippen LogP) is 1.07. The van der Waals surface area contributed by atoms with Gasteiger partial charge < -0.3 is 10.6 Å². The minimum Gasteiger partial charge on any atom is -0.326 e. The monoisotopic (exact) mass is 156 g/mol. The van der Waals surface area contributed by atoms with Gasteiger partial charge >= 0.3 is 0 Å². The summed E-state index contributed by atoms with van der Waals surface area (Å²) in [6, 6.07) is 0.369. The molecule has 1 fully saturated rings. The van der Waals surface area contributed by atoms with Crippen LogP contribution in [0.2, 0.25) is 0 Å². The highest BCUT2D eigenvalue weighted by Crippen LogP contribution is 2.09. The van der Waals surface area contributed by atoms with Crippen LogP contribution >= 0.6 is 0 Å². The van der Waals surface area contributed by atoms with Crippen LogP contribution in [0, 0.1) is 5.92 Å². The van der Waals surface area contributed by atoms with Gasteiger partial charge in [0.05, 0.1) is 0 Å². The van der Waals surface area contributed by atoms with E-state index in [-0.39, 0.29) is 0 Å². The molecule has 0 bridgehead atoms. The number of nitrogens with two attached hydrogens (primary N) is 1. The van der Waals surface area contributed by atoms with Crippen molar-refractivity contribution in [1.82, 2.24) is 4.90 Å². The topological polar surface area (TPSA) is 29.3 Å². The van der Waals surface area contributed by atoms with E-state index in [0.29, 0.717) is 12.0 Å². The molecule has 2 heteroatoms. The van der Waals surface area contributed by atoms with Crippen molar-refractivity contribution in [3.05, 3.63) is 0 Å². The maximum absolute atomic E-state index is 5.95. The Balaban J connectivity index is 2.18. The lowest BCUT2D eigenvalue weighted by atomic mass is 10.1. The Bertz CT molecular complexity index is 106. The fourth-order valence-corrected chi connectivity index (χ4v) is 1.47. The lowest BCUT2D eigenvalue weighted by Crippen LogP contribution is -2.39. The quantitative estimate of drug-likeness (QED) is 0.662. The van der Waals surface area contributed by atoms with Gasteiger partial charge in [-0.25, -0.2) is 0 Å². The van der Waals surface area contributed by atoms with Crippen LogP contribution in [0.3, 0.4) is 0 Å². The number of hydrogen-bond acceptors (Lipinski definition) is 2. The highest BCUT2D eigenvalue weighted by atomic mass is 15.1. The Morgan fingerprint density at radius 2 is 1.82 bits per heavy atom. The molecule has 0 radical (unpaired) electrons. The Hall–Kier alpha value is -0.0800. The van der Waals surface area contributed by atoms with E-state index in [4.69, 9.17) is 5.73 Å². The summed E-state index contributed by atoms with van der Waals surface area (Å²) in [5, 5.41) is 0. The molecule has 1 aliphatic rings. The van der Waals surface area contributed by atoms with Gasteiger partial charge in [-0.05, 0) is 31.8 Å². The highest BCUT2D eigenvalue weighted by molar-refractivity contribution is 4.74. The summed E-state index contributed by atoms with van der Waals surface area (Å²) in [5.41, 5.74) is 5.95. The van der Waals surface area contributed by atoms with Crippen molar-refractivity contribution >= 4 is 0 Å². The third kappa shape index (κ3) is 2.80. The Morgan fingerprint density at radius 3 is 2.27 bits per heavy atom. The first kappa shape index (κ1) is 9.01. The van der Waals surface area contributed by atoms with E-state index < -0.39 is 0 Å². The van der Waals surface area contributed by atoms with Crippen molar-refractivity contribution in [2.24, 2.45) is 11.7 Å². The Labute approximate surface area is 69.8 Å². The van der Waals surface area contributed by atoms with E-state index in [2.05, 4.69) is 18.7 Å². The molecule has 0 spiro atoms. The lowest BCUT2D eigenvalue weighted by Gasteiger charge is -2.22. The maximum Gasteiger partial charge on any atom is 0.0191 e. The van der Waals surface area contributed by atoms with Crippen molar-refractivity contribution in [3.63, 3.8) is 0 Å². The van der Waals surface area contributed by atoms with Crippen molar-refractivity contribution in [3.8, 4) is 0 Å². The van der Waals surface area contributed by atoms with Gasteiger partial charge in [0.1, 0.15) is 0 Å². The third-order valence-electron chi connectivity index (χ3n) is 2.52. The summed E-state index contributed by atoms with van der Waals surface area (Å²) in [4.78, 5) is 2.48. The van der Waals surface area contributed by atoms with Gasteiger partial charge in [-0.15, -0.1) is 0 Å². The van der Waals surface area contributed by atoms with Crippen molar-refractivity contribution in [2.45, 2.75) is 32.7 Å². The zero-order valence-electron chi connectivity index (χ0n) is 7.71. The molecule has 1 saturated heterocycles. The summed E-state index contributed by atoms with van der Waals surface area (Å²) in [6.45, 7) is 8.01. The normalized spacial score (nSPS) is 22.9. The van der Waals surface area contributed by atoms with E-state index in [1.54, 1.807) is 0 Å². The van der Waals surface area contributed by atoms with Crippen LogP contribution in [-0.2, 0) is 0 Å². The summed E-state index contributed by atoms with van der Waals surface area (Å²) >= 11 is 0. The second-order valence-corrected chi connectivity index (χ2v) is 3.92. The SMILES string of the molecule is CC(C)[C@@H](N)CN1CCCC1. The average Bonchev–Trinajstić information content (AvgIpc) is 2.39. The number of hydrogen-bond donors (Lipinski definition) is 1. The summed E-state index contributed by atoms with van der Waals surface area (Å²) in [6.07, 6.45) is 2.73. The molecule has 0 amide bonds. The molecule has 1 atom stereocenters. The van der Waals surface area contributed by atoms with Gasteiger partial charge in [0.15, 0.2) is 0 Å². The highest BCUT2D eigenvalue weighted by Gasteiger charge is 2.16. The molecule has 0 unspecified atom stereocenters. The molecule has 1 aliphatic heterocycles. The number of nitrogens with zero attached hydrogens (tertiary/aromatic N) is 1. The van der Waals surface area contributed by atoms with Crippen LogP contribution in [0.5, 0.6) is 0 Å². The second kappa shape index (κ2) is 4.07. The average molecular weight is 156 g/mol. The first-order valence-corrected chi connectivity index (χ1v) is 4.68. The molecule has 66 valence electrons. The van der Waals surface area contributed by atoms with Crippen LogP contribution in [0.25, 0.3) is 0 Å². The molecule has 1 heterocycles.